The molecule has 80 valence electrons. The van der Waals surface area contributed by atoms with Crippen LogP contribution in [0.4, 0.5) is 0 Å². The predicted molar refractivity (Wildman–Crippen MR) is 58.1 cm³/mol. The Labute approximate surface area is 89.0 Å². The van der Waals surface area contributed by atoms with E-state index in [1.165, 1.54) is 12.8 Å². The van der Waals surface area contributed by atoms with E-state index in [2.05, 4.69) is 4.98 Å². The summed E-state index contributed by atoms with van der Waals surface area (Å²) in [5.74, 6) is 0.628. The number of nitrogen functional groups attached to an aromatic ring is 1. The zero-order chi connectivity index (χ0) is 10.7. The van der Waals surface area contributed by atoms with Crippen molar-refractivity contribution >= 4 is 5.84 Å². The number of hydrogen-bond acceptors (Lipinski definition) is 3. The van der Waals surface area contributed by atoms with Crippen molar-refractivity contribution in [3.8, 4) is 5.88 Å². The summed E-state index contributed by atoms with van der Waals surface area (Å²) in [4.78, 5) is 4.11. The summed E-state index contributed by atoms with van der Waals surface area (Å²) in [6, 6.07) is 3.44. The van der Waals surface area contributed by atoms with Gasteiger partial charge in [0.05, 0.1) is 0 Å². The molecular weight excluding hydrogens is 190 g/mol. The van der Waals surface area contributed by atoms with Gasteiger partial charge in [-0.15, -0.1) is 0 Å². The van der Waals surface area contributed by atoms with Crippen LogP contribution < -0.4 is 10.5 Å². The van der Waals surface area contributed by atoms with E-state index in [1.54, 1.807) is 18.3 Å². The zero-order valence-corrected chi connectivity index (χ0v) is 8.57. The highest BCUT2D eigenvalue weighted by molar-refractivity contribution is 5.95. The molecule has 1 aliphatic rings. The summed E-state index contributed by atoms with van der Waals surface area (Å²) in [5.41, 5.74) is 6.06. The zero-order valence-electron chi connectivity index (χ0n) is 8.57. The van der Waals surface area contributed by atoms with Gasteiger partial charge in [-0.2, -0.15) is 0 Å². The van der Waals surface area contributed by atoms with E-state index in [1.807, 2.05) is 0 Å². The molecule has 1 fully saturated rings. The topological polar surface area (TPSA) is 72.0 Å². The van der Waals surface area contributed by atoms with E-state index in [-0.39, 0.29) is 5.84 Å². The first-order valence-electron chi connectivity index (χ1n) is 5.23. The van der Waals surface area contributed by atoms with Crippen LogP contribution in [0.2, 0.25) is 0 Å². The number of nitrogens with one attached hydrogen (secondary N) is 1. The molecule has 2 rings (SSSR count). The number of pyridine rings is 1. The van der Waals surface area contributed by atoms with Crippen LogP contribution in [0.3, 0.4) is 0 Å². The van der Waals surface area contributed by atoms with Gasteiger partial charge in [-0.1, -0.05) is 0 Å². The number of amidine groups is 1. The van der Waals surface area contributed by atoms with Crippen LogP contribution in [0, 0.1) is 5.41 Å². The normalized spacial score (nSPS) is 16.5. The standard InChI is InChI=1S/C11H15N3O/c12-11(13)8-5-6-14-10(7-8)15-9-3-1-2-4-9/h5-7,9H,1-4H2,(H3,12,13). The predicted octanol–water partition coefficient (Wildman–Crippen LogP) is 1.69. The van der Waals surface area contributed by atoms with Crippen LogP contribution in [0.25, 0.3) is 0 Å². The second kappa shape index (κ2) is 4.29. The summed E-state index contributed by atoms with van der Waals surface area (Å²) in [7, 11) is 0. The third-order valence-electron chi connectivity index (χ3n) is 2.64. The van der Waals surface area contributed by atoms with Crippen LogP contribution in [0.1, 0.15) is 31.2 Å². The molecule has 4 nitrogen and oxygen atoms in total. The van der Waals surface area contributed by atoms with Gasteiger partial charge in [-0.25, -0.2) is 4.98 Å². The maximum atomic E-state index is 7.31. The van der Waals surface area contributed by atoms with Crippen LogP contribution in [0.5, 0.6) is 5.88 Å². The maximum absolute atomic E-state index is 7.31. The second-order valence-corrected chi connectivity index (χ2v) is 3.82. The van der Waals surface area contributed by atoms with E-state index in [4.69, 9.17) is 15.9 Å². The molecule has 0 atom stereocenters. The average molecular weight is 205 g/mol. The van der Waals surface area contributed by atoms with Gasteiger partial charge >= 0.3 is 0 Å². The lowest BCUT2D eigenvalue weighted by molar-refractivity contribution is 0.201. The minimum absolute atomic E-state index is 0.0497. The van der Waals surface area contributed by atoms with Gasteiger partial charge in [-0.3, -0.25) is 5.41 Å². The highest BCUT2D eigenvalue weighted by Gasteiger charge is 2.17. The molecule has 15 heavy (non-hydrogen) atoms. The highest BCUT2D eigenvalue weighted by atomic mass is 16.5. The Bertz CT molecular complexity index is 359. The molecule has 4 heteroatoms. The smallest absolute Gasteiger partial charge is 0.214 e. The van der Waals surface area contributed by atoms with Gasteiger partial charge in [0.25, 0.3) is 0 Å². The first-order chi connectivity index (χ1) is 7.25. The quantitative estimate of drug-likeness (QED) is 0.582. The Hall–Kier alpha value is -1.58. The van der Waals surface area contributed by atoms with Crippen LogP contribution in [-0.4, -0.2) is 16.9 Å². The van der Waals surface area contributed by atoms with Crippen molar-refractivity contribution in [1.82, 2.24) is 4.98 Å². The van der Waals surface area contributed by atoms with Gasteiger partial charge in [0, 0.05) is 17.8 Å². The average Bonchev–Trinajstić information content (AvgIpc) is 2.71. The highest BCUT2D eigenvalue weighted by Crippen LogP contribution is 2.23. The lowest BCUT2D eigenvalue weighted by Crippen LogP contribution is -2.14. The first-order valence-corrected chi connectivity index (χ1v) is 5.23. The van der Waals surface area contributed by atoms with Gasteiger partial charge in [0.1, 0.15) is 11.9 Å². The molecule has 1 aromatic heterocycles. The molecule has 1 heterocycles. The summed E-state index contributed by atoms with van der Waals surface area (Å²) in [6.07, 6.45) is 6.59. The molecule has 0 amide bonds. The Morgan fingerprint density at radius 2 is 2.20 bits per heavy atom. The van der Waals surface area contributed by atoms with E-state index in [0.29, 0.717) is 17.5 Å². The minimum Gasteiger partial charge on any atom is -0.474 e. The third kappa shape index (κ3) is 2.46. The largest absolute Gasteiger partial charge is 0.474 e. The third-order valence-corrected chi connectivity index (χ3v) is 2.64. The summed E-state index contributed by atoms with van der Waals surface area (Å²) >= 11 is 0. The second-order valence-electron chi connectivity index (χ2n) is 3.82. The number of nitrogens with two attached hydrogens (primary N) is 1. The van der Waals surface area contributed by atoms with Gasteiger partial charge in [0.15, 0.2) is 0 Å². The van der Waals surface area contributed by atoms with Crippen molar-refractivity contribution in [3.05, 3.63) is 23.9 Å². The van der Waals surface area contributed by atoms with Crippen molar-refractivity contribution in [2.75, 3.05) is 0 Å². The molecule has 0 saturated heterocycles. The fourth-order valence-corrected chi connectivity index (χ4v) is 1.82. The van der Waals surface area contributed by atoms with Crippen molar-refractivity contribution in [1.29, 1.82) is 5.41 Å². The van der Waals surface area contributed by atoms with E-state index < -0.39 is 0 Å². The Kier molecular flexibility index (Phi) is 2.85. The fourth-order valence-electron chi connectivity index (χ4n) is 1.82. The molecule has 1 aromatic rings. The minimum atomic E-state index is 0.0497. The van der Waals surface area contributed by atoms with Crippen molar-refractivity contribution in [3.63, 3.8) is 0 Å². The molecule has 1 saturated carbocycles. The molecule has 3 N–H and O–H groups in total. The SMILES string of the molecule is N=C(N)c1ccnc(OC2CCCC2)c1. The molecule has 0 aliphatic heterocycles. The Morgan fingerprint density at radius 1 is 1.47 bits per heavy atom. The van der Waals surface area contributed by atoms with Crippen molar-refractivity contribution in [2.45, 2.75) is 31.8 Å². The van der Waals surface area contributed by atoms with E-state index in [0.717, 1.165) is 12.8 Å². The number of hydrogen-bond donors (Lipinski definition) is 2. The van der Waals surface area contributed by atoms with Gasteiger partial charge < -0.3 is 10.5 Å². The van der Waals surface area contributed by atoms with E-state index >= 15 is 0 Å². The summed E-state index contributed by atoms with van der Waals surface area (Å²) < 4.78 is 5.70. The Balaban J connectivity index is 2.07. The number of rotatable bonds is 3. The number of nitrogens with zero attached hydrogens (tertiary/aromatic N) is 1. The monoisotopic (exact) mass is 205 g/mol. The van der Waals surface area contributed by atoms with Crippen LogP contribution in [0.15, 0.2) is 18.3 Å². The lowest BCUT2D eigenvalue weighted by atomic mass is 10.2. The molecular formula is C11H15N3O. The summed E-state index contributed by atoms with van der Waals surface area (Å²) in [6.45, 7) is 0. The fraction of sp³-hybridized carbons (Fsp3) is 0.455. The number of aromatic nitrogens is 1. The number of ether oxygens (including phenoxy) is 1. The molecule has 0 unspecified atom stereocenters. The molecule has 0 spiro atoms. The molecule has 0 aromatic carbocycles. The lowest BCUT2D eigenvalue weighted by Gasteiger charge is -2.12. The van der Waals surface area contributed by atoms with Gasteiger partial charge in [-0.05, 0) is 31.7 Å². The molecule has 1 aliphatic carbocycles. The van der Waals surface area contributed by atoms with Gasteiger partial charge in [0.2, 0.25) is 5.88 Å². The van der Waals surface area contributed by atoms with Crippen LogP contribution >= 0.6 is 0 Å². The Morgan fingerprint density at radius 3 is 2.87 bits per heavy atom. The van der Waals surface area contributed by atoms with Crippen molar-refractivity contribution < 1.29 is 4.74 Å². The first kappa shape index (κ1) is 9.96. The maximum Gasteiger partial charge on any atom is 0.214 e. The molecule has 0 bridgehead atoms. The molecule has 0 radical (unpaired) electrons. The van der Waals surface area contributed by atoms with Crippen molar-refractivity contribution in [2.24, 2.45) is 5.73 Å². The summed E-state index contributed by atoms with van der Waals surface area (Å²) in [5, 5.41) is 7.31. The van der Waals surface area contributed by atoms with Crippen LogP contribution in [-0.2, 0) is 0 Å². The van der Waals surface area contributed by atoms with E-state index in [9.17, 15) is 0 Å².